The van der Waals surface area contributed by atoms with Crippen molar-refractivity contribution in [1.82, 2.24) is 4.57 Å². The van der Waals surface area contributed by atoms with Crippen molar-refractivity contribution in [3.05, 3.63) is 57.4 Å². The Bertz CT molecular complexity index is 784. The molecular formula is C13H13BrN2O3S. The van der Waals surface area contributed by atoms with E-state index in [0.29, 0.717) is 4.47 Å². The van der Waals surface area contributed by atoms with Crippen LogP contribution in [0.2, 0.25) is 0 Å². The number of nitrogens with zero attached hydrogens (tertiary/aromatic N) is 1. The Morgan fingerprint density at radius 3 is 2.60 bits per heavy atom. The lowest BCUT2D eigenvalue weighted by atomic mass is 10.3. The number of sulfone groups is 1. The van der Waals surface area contributed by atoms with Crippen molar-refractivity contribution in [2.24, 2.45) is 0 Å². The minimum absolute atomic E-state index is 0.0877. The van der Waals surface area contributed by atoms with Crippen LogP contribution >= 0.6 is 15.9 Å². The molecule has 2 N–H and O–H groups in total. The largest absolute Gasteiger partial charge is 0.398 e. The Balaban J connectivity index is 2.24. The van der Waals surface area contributed by atoms with Gasteiger partial charge in [-0.05, 0) is 24.3 Å². The van der Waals surface area contributed by atoms with Gasteiger partial charge in [0, 0.05) is 23.3 Å². The van der Waals surface area contributed by atoms with Crippen molar-refractivity contribution in [1.29, 1.82) is 0 Å². The van der Waals surface area contributed by atoms with Crippen molar-refractivity contribution in [2.75, 3.05) is 11.5 Å². The molecular weight excluding hydrogens is 344 g/mol. The quantitative estimate of drug-likeness (QED) is 0.844. The van der Waals surface area contributed by atoms with Crippen LogP contribution in [0.4, 0.5) is 5.69 Å². The maximum atomic E-state index is 12.2. The van der Waals surface area contributed by atoms with E-state index in [1.165, 1.54) is 16.7 Å². The van der Waals surface area contributed by atoms with Gasteiger partial charge in [0.25, 0.3) is 5.56 Å². The van der Waals surface area contributed by atoms with Gasteiger partial charge in [-0.1, -0.05) is 22.0 Å². The van der Waals surface area contributed by atoms with Crippen molar-refractivity contribution < 1.29 is 8.42 Å². The van der Waals surface area contributed by atoms with Gasteiger partial charge in [0.1, 0.15) is 0 Å². The molecule has 0 radical (unpaired) electrons. The number of aromatic nitrogens is 1. The molecule has 2 aromatic rings. The highest BCUT2D eigenvalue weighted by molar-refractivity contribution is 9.10. The van der Waals surface area contributed by atoms with Gasteiger partial charge in [-0.2, -0.15) is 0 Å². The standard InChI is InChI=1S/C13H13BrN2O3S/c14-10-4-5-12(11(15)9-10)20(18,19)8-7-16-6-2-1-3-13(16)17/h1-6,9H,7-8,15H2. The second kappa shape index (κ2) is 5.80. The number of benzene rings is 1. The summed E-state index contributed by atoms with van der Waals surface area (Å²) in [6.45, 7) is 0.0948. The molecule has 0 aliphatic heterocycles. The van der Waals surface area contributed by atoms with Gasteiger partial charge in [-0.15, -0.1) is 0 Å². The minimum Gasteiger partial charge on any atom is -0.398 e. The van der Waals surface area contributed by atoms with Gasteiger partial charge >= 0.3 is 0 Å². The van der Waals surface area contributed by atoms with E-state index in [1.54, 1.807) is 30.5 Å². The molecule has 0 saturated carbocycles. The van der Waals surface area contributed by atoms with Gasteiger partial charge in [-0.3, -0.25) is 4.79 Å². The average molecular weight is 357 g/mol. The van der Waals surface area contributed by atoms with Crippen LogP contribution in [0.3, 0.4) is 0 Å². The molecule has 0 amide bonds. The van der Waals surface area contributed by atoms with E-state index in [0.717, 1.165) is 0 Å². The van der Waals surface area contributed by atoms with Crippen molar-refractivity contribution in [3.8, 4) is 0 Å². The molecule has 0 unspecified atom stereocenters. The number of rotatable bonds is 4. The lowest BCUT2D eigenvalue weighted by molar-refractivity contribution is 0.587. The summed E-state index contributed by atoms with van der Waals surface area (Å²) in [6, 6.07) is 9.31. The number of aryl methyl sites for hydroxylation is 1. The molecule has 0 spiro atoms. The zero-order chi connectivity index (χ0) is 14.8. The average Bonchev–Trinajstić information content (AvgIpc) is 2.37. The molecule has 1 heterocycles. The Labute approximate surface area is 125 Å². The van der Waals surface area contributed by atoms with Gasteiger partial charge in [0.15, 0.2) is 9.84 Å². The first-order valence-corrected chi connectivity index (χ1v) is 8.28. The summed E-state index contributed by atoms with van der Waals surface area (Å²) in [5.41, 5.74) is 5.69. The summed E-state index contributed by atoms with van der Waals surface area (Å²) < 4.78 is 26.5. The molecule has 5 nitrogen and oxygen atoms in total. The molecule has 0 atom stereocenters. The maximum Gasteiger partial charge on any atom is 0.250 e. The third kappa shape index (κ3) is 3.29. The number of nitrogens with two attached hydrogens (primary N) is 1. The summed E-state index contributed by atoms with van der Waals surface area (Å²) in [5, 5.41) is 0. The first-order valence-electron chi connectivity index (χ1n) is 5.83. The zero-order valence-electron chi connectivity index (χ0n) is 10.5. The minimum atomic E-state index is -3.53. The Morgan fingerprint density at radius 1 is 1.20 bits per heavy atom. The summed E-state index contributed by atoms with van der Waals surface area (Å²) in [4.78, 5) is 11.6. The molecule has 1 aromatic carbocycles. The maximum absolute atomic E-state index is 12.2. The van der Waals surface area contributed by atoms with Crippen LogP contribution in [-0.4, -0.2) is 18.7 Å². The fourth-order valence-corrected chi connectivity index (χ4v) is 3.51. The Hall–Kier alpha value is -1.60. The van der Waals surface area contributed by atoms with E-state index in [1.807, 2.05) is 0 Å². The number of hydrogen-bond acceptors (Lipinski definition) is 4. The molecule has 0 aliphatic carbocycles. The fourth-order valence-electron chi connectivity index (χ4n) is 1.78. The van der Waals surface area contributed by atoms with E-state index >= 15 is 0 Å². The van der Waals surface area contributed by atoms with Crippen LogP contribution in [0.15, 0.2) is 56.8 Å². The van der Waals surface area contributed by atoms with Crippen LogP contribution in [0.25, 0.3) is 0 Å². The molecule has 0 aliphatic rings. The summed E-state index contributed by atoms with van der Waals surface area (Å²) in [7, 11) is -3.53. The van der Waals surface area contributed by atoms with E-state index < -0.39 is 9.84 Å². The van der Waals surface area contributed by atoms with Gasteiger partial charge < -0.3 is 10.3 Å². The van der Waals surface area contributed by atoms with Gasteiger partial charge in [0.05, 0.1) is 16.3 Å². The molecule has 20 heavy (non-hydrogen) atoms. The molecule has 2 rings (SSSR count). The Kier molecular flexibility index (Phi) is 4.29. The summed E-state index contributed by atoms with van der Waals surface area (Å²) in [6.07, 6.45) is 1.56. The predicted molar refractivity (Wildman–Crippen MR) is 81.3 cm³/mol. The van der Waals surface area contributed by atoms with Crippen LogP contribution in [0.5, 0.6) is 0 Å². The van der Waals surface area contributed by atoms with E-state index in [-0.39, 0.29) is 28.4 Å². The van der Waals surface area contributed by atoms with Crippen molar-refractivity contribution in [3.63, 3.8) is 0 Å². The highest BCUT2D eigenvalue weighted by atomic mass is 79.9. The van der Waals surface area contributed by atoms with E-state index in [2.05, 4.69) is 15.9 Å². The van der Waals surface area contributed by atoms with Crippen LogP contribution in [0.1, 0.15) is 0 Å². The molecule has 106 valence electrons. The van der Waals surface area contributed by atoms with Crippen LogP contribution in [-0.2, 0) is 16.4 Å². The number of nitrogen functional groups attached to an aromatic ring is 1. The SMILES string of the molecule is Nc1cc(Br)ccc1S(=O)(=O)CCn1ccccc1=O. The summed E-state index contributed by atoms with van der Waals surface area (Å²) >= 11 is 3.23. The van der Waals surface area contributed by atoms with E-state index in [9.17, 15) is 13.2 Å². The van der Waals surface area contributed by atoms with E-state index in [4.69, 9.17) is 5.73 Å². The molecule has 0 fully saturated rings. The number of hydrogen-bond donors (Lipinski definition) is 1. The molecule has 7 heteroatoms. The normalized spacial score (nSPS) is 11.4. The van der Waals surface area contributed by atoms with Crippen LogP contribution < -0.4 is 11.3 Å². The highest BCUT2D eigenvalue weighted by Crippen LogP contribution is 2.23. The molecule has 0 bridgehead atoms. The van der Waals surface area contributed by atoms with Crippen molar-refractivity contribution in [2.45, 2.75) is 11.4 Å². The summed E-state index contributed by atoms with van der Waals surface area (Å²) in [5.74, 6) is -0.178. The Morgan fingerprint density at radius 2 is 1.95 bits per heavy atom. The topological polar surface area (TPSA) is 82.2 Å². The fraction of sp³-hybridized carbons (Fsp3) is 0.154. The molecule has 1 aromatic heterocycles. The van der Waals surface area contributed by atoms with Crippen molar-refractivity contribution >= 4 is 31.5 Å². The highest BCUT2D eigenvalue weighted by Gasteiger charge is 2.17. The first kappa shape index (κ1) is 14.8. The number of pyridine rings is 1. The van der Waals surface area contributed by atoms with Crippen LogP contribution in [0, 0.1) is 0 Å². The van der Waals surface area contributed by atoms with Gasteiger partial charge in [0.2, 0.25) is 0 Å². The molecule has 0 saturated heterocycles. The van der Waals surface area contributed by atoms with Gasteiger partial charge in [-0.25, -0.2) is 8.42 Å². The number of anilines is 1. The third-order valence-corrected chi connectivity index (χ3v) is 5.06. The third-order valence-electron chi connectivity index (χ3n) is 2.81. The lowest BCUT2D eigenvalue weighted by Gasteiger charge is -2.09. The first-order chi connectivity index (χ1) is 9.40. The number of halogens is 1. The lowest BCUT2D eigenvalue weighted by Crippen LogP contribution is -2.23. The predicted octanol–water partition coefficient (Wildman–Crippen LogP) is 1.67. The smallest absolute Gasteiger partial charge is 0.250 e. The second-order valence-electron chi connectivity index (χ2n) is 4.23. The zero-order valence-corrected chi connectivity index (χ0v) is 12.9. The monoisotopic (exact) mass is 356 g/mol. The second-order valence-corrected chi connectivity index (χ2v) is 7.23.